The molecule has 9 rings (SSSR count). The number of nitrogens with zero attached hydrogens (tertiary/aromatic N) is 2. The van der Waals surface area contributed by atoms with Gasteiger partial charge in [0.2, 0.25) is 5.82 Å². The molecule has 3 aromatic heterocycles. The van der Waals surface area contributed by atoms with E-state index in [1.165, 1.54) is 12.1 Å². The molecule has 0 radical (unpaired) electrons. The Balaban J connectivity index is 1.48. The average molecular weight is 729 g/mol. The Labute approximate surface area is 311 Å². The molecule has 0 aliphatic carbocycles. The van der Waals surface area contributed by atoms with Crippen molar-refractivity contribution in [2.75, 3.05) is 0 Å². The van der Waals surface area contributed by atoms with Crippen LogP contribution in [0.5, 0.6) is 0 Å². The van der Waals surface area contributed by atoms with Crippen LogP contribution in [0, 0.1) is 40.9 Å². The molecule has 0 saturated heterocycles. The Hall–Kier alpha value is -7.31. The van der Waals surface area contributed by atoms with Gasteiger partial charge < -0.3 is 9.97 Å². The van der Waals surface area contributed by atoms with Crippen molar-refractivity contribution in [3.8, 4) is 45.2 Å². The lowest BCUT2D eigenvalue weighted by atomic mass is 10.0. The molecule has 0 saturated carbocycles. The summed E-state index contributed by atoms with van der Waals surface area (Å²) in [5, 5.41) is 0. The smallest absolute Gasteiger partial charge is 0.200 e. The van der Waals surface area contributed by atoms with Crippen LogP contribution in [-0.4, -0.2) is 19.9 Å². The van der Waals surface area contributed by atoms with Crippen LogP contribution in [-0.2, 0) is 0 Å². The molecule has 0 atom stereocenters. The van der Waals surface area contributed by atoms with Gasteiger partial charge in [-0.1, -0.05) is 90.7 Å². The predicted octanol–water partition coefficient (Wildman–Crippen LogP) is 11.8. The highest BCUT2D eigenvalue weighted by atomic mass is 19.2. The molecule has 4 nitrogen and oxygen atoms in total. The largest absolute Gasteiger partial charge is 0.354 e. The van der Waals surface area contributed by atoms with E-state index in [0.29, 0.717) is 39.2 Å². The summed E-state index contributed by atoms with van der Waals surface area (Å²) in [7, 11) is 0. The van der Waals surface area contributed by atoms with Crippen molar-refractivity contribution >= 4 is 46.4 Å². The normalized spacial score (nSPS) is 11.8. The van der Waals surface area contributed by atoms with Gasteiger partial charge in [-0.05, 0) is 71.8 Å². The quantitative estimate of drug-likeness (QED) is 0.0824. The molecule has 5 heterocycles. The third kappa shape index (κ3) is 5.90. The van der Waals surface area contributed by atoms with Crippen LogP contribution in [0.1, 0.15) is 33.9 Å². The van der Waals surface area contributed by atoms with E-state index in [1.54, 1.807) is 12.1 Å². The second-order valence-electron chi connectivity index (χ2n) is 12.8. The third-order valence-electron chi connectivity index (χ3n) is 9.44. The van der Waals surface area contributed by atoms with Crippen LogP contribution in [0.15, 0.2) is 115 Å². The van der Waals surface area contributed by atoms with E-state index in [0.717, 1.165) is 27.8 Å². The summed E-state index contributed by atoms with van der Waals surface area (Å²) in [4.78, 5) is 16.7. The fourth-order valence-corrected chi connectivity index (χ4v) is 6.90. The SMILES string of the molecule is Fc1c(F)c(F)c(-c2c3nc(c(C#Cc4ccccc4)c4ccc([nH]4)c(-c4ccccc4)c4nc(c(-c5ccccc5)c5ccc2[nH]5)C=C4)C=C3)c(F)c1F. The van der Waals surface area contributed by atoms with Gasteiger partial charge in [-0.15, -0.1) is 0 Å². The van der Waals surface area contributed by atoms with E-state index >= 15 is 8.78 Å². The second-order valence-corrected chi connectivity index (χ2v) is 12.8. The number of aromatic amines is 2. The maximum atomic E-state index is 15.8. The number of fused-ring (bicyclic) bond motifs is 8. The molecule has 2 aliphatic heterocycles. The van der Waals surface area contributed by atoms with Gasteiger partial charge in [-0.2, -0.15) is 0 Å². The first-order valence-corrected chi connectivity index (χ1v) is 17.2. The minimum atomic E-state index is -2.25. The molecule has 0 unspecified atom stereocenters. The lowest BCUT2D eigenvalue weighted by molar-refractivity contribution is 0.381. The number of rotatable bonds is 3. The highest BCUT2D eigenvalue weighted by molar-refractivity contribution is 5.98. The second kappa shape index (κ2) is 13.6. The lowest BCUT2D eigenvalue weighted by Crippen LogP contribution is -2.05. The first kappa shape index (κ1) is 33.5. The maximum Gasteiger partial charge on any atom is 0.200 e. The topological polar surface area (TPSA) is 57.4 Å². The van der Waals surface area contributed by atoms with Crippen molar-refractivity contribution in [1.29, 1.82) is 0 Å². The predicted molar refractivity (Wildman–Crippen MR) is 207 cm³/mol. The third-order valence-corrected chi connectivity index (χ3v) is 9.44. The molecule has 8 bridgehead atoms. The number of H-pyrrole nitrogens is 2. The van der Waals surface area contributed by atoms with Crippen molar-refractivity contribution in [3.05, 3.63) is 178 Å². The van der Waals surface area contributed by atoms with E-state index in [1.807, 2.05) is 115 Å². The van der Waals surface area contributed by atoms with Gasteiger partial charge in [0.15, 0.2) is 23.3 Å². The van der Waals surface area contributed by atoms with E-state index in [2.05, 4.69) is 21.8 Å². The number of hydrogen-bond donors (Lipinski definition) is 2. The van der Waals surface area contributed by atoms with Gasteiger partial charge >= 0.3 is 0 Å². The Morgan fingerprint density at radius 1 is 0.364 bits per heavy atom. The molecule has 0 fully saturated rings. The summed E-state index contributed by atoms with van der Waals surface area (Å²) in [6.07, 6.45) is 6.88. The van der Waals surface area contributed by atoms with Gasteiger partial charge in [0.1, 0.15) is 0 Å². The first-order chi connectivity index (χ1) is 26.9. The minimum Gasteiger partial charge on any atom is -0.354 e. The molecule has 2 N–H and O–H groups in total. The molecule has 9 heteroatoms. The number of aromatic nitrogens is 4. The maximum absolute atomic E-state index is 15.8. The van der Waals surface area contributed by atoms with Crippen molar-refractivity contribution in [2.24, 2.45) is 0 Å². The van der Waals surface area contributed by atoms with E-state index in [-0.39, 0.29) is 16.8 Å². The zero-order valence-electron chi connectivity index (χ0n) is 28.6. The molecule has 2 aliphatic rings. The highest BCUT2D eigenvalue weighted by Gasteiger charge is 2.29. The monoisotopic (exact) mass is 728 g/mol. The van der Waals surface area contributed by atoms with E-state index in [9.17, 15) is 13.2 Å². The van der Waals surface area contributed by atoms with Crippen LogP contribution in [0.2, 0.25) is 0 Å². The lowest BCUT2D eigenvalue weighted by Gasteiger charge is -2.10. The summed E-state index contributed by atoms with van der Waals surface area (Å²) in [5.41, 5.74) is 6.23. The Morgan fingerprint density at radius 3 is 1.31 bits per heavy atom. The summed E-state index contributed by atoms with van der Waals surface area (Å²) < 4.78 is 75.7. The van der Waals surface area contributed by atoms with Crippen LogP contribution < -0.4 is 0 Å². The fourth-order valence-electron chi connectivity index (χ4n) is 6.90. The summed E-state index contributed by atoms with van der Waals surface area (Å²) in [6.45, 7) is 0. The van der Waals surface area contributed by atoms with Crippen molar-refractivity contribution < 1.29 is 22.0 Å². The summed E-state index contributed by atoms with van der Waals surface area (Å²) in [5.74, 6) is -3.97. The number of hydrogen-bond acceptors (Lipinski definition) is 2. The Kier molecular flexibility index (Phi) is 8.28. The molecule has 264 valence electrons. The van der Waals surface area contributed by atoms with E-state index in [4.69, 9.17) is 9.97 Å². The van der Waals surface area contributed by atoms with Crippen molar-refractivity contribution in [2.45, 2.75) is 0 Å². The van der Waals surface area contributed by atoms with Gasteiger partial charge in [0, 0.05) is 38.8 Å². The van der Waals surface area contributed by atoms with Gasteiger partial charge in [-0.3, -0.25) is 0 Å². The highest BCUT2D eigenvalue weighted by Crippen LogP contribution is 2.39. The molecule has 55 heavy (non-hydrogen) atoms. The van der Waals surface area contributed by atoms with Gasteiger partial charge in [0.05, 0.1) is 39.4 Å². The average Bonchev–Trinajstić information content (AvgIpc) is 4.06. The zero-order chi connectivity index (χ0) is 37.6. The van der Waals surface area contributed by atoms with Crippen LogP contribution >= 0.6 is 0 Å². The Morgan fingerprint density at radius 2 is 0.764 bits per heavy atom. The zero-order valence-corrected chi connectivity index (χ0v) is 28.6. The van der Waals surface area contributed by atoms with Gasteiger partial charge in [0.25, 0.3) is 0 Å². The number of nitrogens with one attached hydrogen (secondary N) is 2. The fraction of sp³-hybridized carbons (Fsp3) is 0. The van der Waals surface area contributed by atoms with Crippen molar-refractivity contribution in [3.63, 3.8) is 0 Å². The molecule has 0 spiro atoms. The molecular weight excluding hydrogens is 704 g/mol. The standard InChI is InChI=1S/C46H25F5N4/c47-42-41(43(48)45(50)46(51)44(42)49)40-36-21-19-31(53-36)29(17-16-26-10-4-1-5-11-26)30-18-20-32(52-30)38(27-12-6-2-7-13-27)33-22-23-34(54-33)39(28-14-8-3-9-15-28)35-24-25-37(40)55-35/h1-15,18-25,52,55H. The molecule has 7 aromatic rings. The molecular formula is C46H25F5N4. The van der Waals surface area contributed by atoms with Crippen LogP contribution in [0.25, 0.3) is 79.8 Å². The van der Waals surface area contributed by atoms with Crippen molar-refractivity contribution in [1.82, 2.24) is 19.9 Å². The summed E-state index contributed by atoms with van der Waals surface area (Å²) in [6, 6.07) is 35.5. The van der Waals surface area contributed by atoms with Crippen LogP contribution in [0.3, 0.4) is 0 Å². The first-order valence-electron chi connectivity index (χ1n) is 17.2. The number of benzene rings is 4. The Bertz CT molecular complexity index is 2940. The minimum absolute atomic E-state index is 0.0454. The van der Waals surface area contributed by atoms with Crippen LogP contribution in [0.4, 0.5) is 22.0 Å². The summed E-state index contributed by atoms with van der Waals surface area (Å²) >= 11 is 0. The van der Waals surface area contributed by atoms with Gasteiger partial charge in [-0.25, -0.2) is 31.9 Å². The molecule has 4 aromatic carbocycles. The molecule has 0 amide bonds. The van der Waals surface area contributed by atoms with E-state index < -0.39 is 34.6 Å². The number of halogens is 5.